The molecule has 0 aliphatic heterocycles. The van der Waals surface area contributed by atoms with Gasteiger partial charge in [0.1, 0.15) is 0 Å². The molecule has 0 aliphatic carbocycles. The average molecular weight is 502 g/mol. The number of anilines is 2. The number of aromatic nitrogens is 1. The largest absolute Gasteiger partial charge is 0.326 e. The summed E-state index contributed by atoms with van der Waals surface area (Å²) in [5.41, 5.74) is 4.80. The van der Waals surface area contributed by atoms with Gasteiger partial charge in [0.2, 0.25) is 11.8 Å². The lowest BCUT2D eigenvalue weighted by atomic mass is 10.1. The van der Waals surface area contributed by atoms with Crippen LogP contribution in [0.2, 0.25) is 0 Å². The first-order valence-corrected chi connectivity index (χ1v) is 13.0. The Balaban J connectivity index is 1.35. The van der Waals surface area contributed by atoms with E-state index in [2.05, 4.69) is 34.7 Å². The van der Waals surface area contributed by atoms with Gasteiger partial charge < -0.3 is 10.6 Å². The fraction of sp³-hybridized carbons (Fsp3) is 0.179. The van der Waals surface area contributed by atoms with E-state index in [1.54, 1.807) is 0 Å². The second kappa shape index (κ2) is 11.3. The normalized spacial score (nSPS) is 11.6. The molecular weight excluding hydrogens is 474 g/mol. The SMILES string of the molecule is Cc1ccc(-c2nc(NC(=O)C(C)Sc3cccc(NC(=O)Cc4ccccc4)c3)sc2C)cc1. The van der Waals surface area contributed by atoms with Crippen molar-refractivity contribution in [2.75, 3.05) is 10.6 Å². The summed E-state index contributed by atoms with van der Waals surface area (Å²) in [4.78, 5) is 31.8. The minimum atomic E-state index is -0.336. The van der Waals surface area contributed by atoms with Crippen LogP contribution in [0.25, 0.3) is 11.3 Å². The van der Waals surface area contributed by atoms with Gasteiger partial charge in [-0.2, -0.15) is 0 Å². The Bertz CT molecular complexity index is 1320. The quantitative estimate of drug-likeness (QED) is 0.263. The van der Waals surface area contributed by atoms with Crippen molar-refractivity contribution < 1.29 is 9.59 Å². The summed E-state index contributed by atoms with van der Waals surface area (Å²) in [6.45, 7) is 5.93. The number of hydrogen-bond acceptors (Lipinski definition) is 5. The molecule has 4 rings (SSSR count). The van der Waals surface area contributed by atoms with E-state index in [0.29, 0.717) is 17.2 Å². The molecule has 3 aromatic carbocycles. The second-order valence-electron chi connectivity index (χ2n) is 8.28. The highest BCUT2D eigenvalue weighted by Crippen LogP contribution is 2.32. The number of rotatable bonds is 8. The first-order valence-electron chi connectivity index (χ1n) is 11.3. The van der Waals surface area contributed by atoms with Gasteiger partial charge in [0.25, 0.3) is 0 Å². The van der Waals surface area contributed by atoms with Crippen LogP contribution in [-0.2, 0) is 16.0 Å². The molecule has 4 aromatic rings. The van der Waals surface area contributed by atoms with E-state index in [1.807, 2.05) is 80.6 Å². The second-order valence-corrected chi connectivity index (χ2v) is 10.9. The van der Waals surface area contributed by atoms with Crippen molar-refractivity contribution in [3.05, 3.63) is 94.9 Å². The number of thiazole rings is 1. The lowest BCUT2D eigenvalue weighted by Crippen LogP contribution is -2.22. The highest BCUT2D eigenvalue weighted by molar-refractivity contribution is 8.00. The van der Waals surface area contributed by atoms with Crippen molar-refractivity contribution in [1.82, 2.24) is 4.98 Å². The smallest absolute Gasteiger partial charge is 0.239 e. The van der Waals surface area contributed by atoms with Crippen LogP contribution in [0.15, 0.2) is 83.8 Å². The number of nitrogens with one attached hydrogen (secondary N) is 2. The Labute approximate surface area is 214 Å². The number of carbonyl (C=O) groups is 2. The Morgan fingerprint density at radius 3 is 2.43 bits per heavy atom. The number of benzene rings is 3. The van der Waals surface area contributed by atoms with Gasteiger partial charge in [-0.3, -0.25) is 9.59 Å². The first-order chi connectivity index (χ1) is 16.9. The maximum atomic E-state index is 12.8. The number of hydrogen-bond donors (Lipinski definition) is 2. The monoisotopic (exact) mass is 501 g/mol. The van der Waals surface area contributed by atoms with Crippen molar-refractivity contribution >= 4 is 45.7 Å². The summed E-state index contributed by atoms with van der Waals surface area (Å²) in [5, 5.41) is 6.16. The molecule has 2 N–H and O–H groups in total. The molecule has 1 heterocycles. The third-order valence-electron chi connectivity index (χ3n) is 5.36. The third kappa shape index (κ3) is 6.81. The first kappa shape index (κ1) is 24.7. The van der Waals surface area contributed by atoms with Crippen LogP contribution in [0.3, 0.4) is 0 Å². The van der Waals surface area contributed by atoms with Crippen molar-refractivity contribution in [2.45, 2.75) is 37.3 Å². The van der Waals surface area contributed by atoms with E-state index in [9.17, 15) is 9.59 Å². The molecule has 0 saturated heterocycles. The zero-order valence-electron chi connectivity index (χ0n) is 19.9. The molecule has 0 aliphatic rings. The molecule has 0 radical (unpaired) electrons. The molecule has 2 amide bonds. The number of thioether (sulfide) groups is 1. The highest BCUT2D eigenvalue weighted by Gasteiger charge is 2.18. The van der Waals surface area contributed by atoms with Crippen molar-refractivity contribution in [3.63, 3.8) is 0 Å². The maximum absolute atomic E-state index is 12.8. The summed E-state index contributed by atoms with van der Waals surface area (Å²) in [7, 11) is 0. The van der Waals surface area contributed by atoms with E-state index in [-0.39, 0.29) is 17.1 Å². The van der Waals surface area contributed by atoms with Crippen molar-refractivity contribution in [1.29, 1.82) is 0 Å². The lowest BCUT2D eigenvalue weighted by Gasteiger charge is -2.12. The van der Waals surface area contributed by atoms with E-state index in [1.165, 1.54) is 28.7 Å². The third-order valence-corrected chi connectivity index (χ3v) is 7.34. The molecule has 0 bridgehead atoms. The zero-order valence-corrected chi connectivity index (χ0v) is 21.5. The van der Waals surface area contributed by atoms with Crippen LogP contribution in [0, 0.1) is 13.8 Å². The van der Waals surface area contributed by atoms with Crippen LogP contribution < -0.4 is 10.6 Å². The molecule has 0 spiro atoms. The van der Waals surface area contributed by atoms with Gasteiger partial charge in [-0.05, 0) is 44.5 Å². The van der Waals surface area contributed by atoms with E-state index in [0.717, 1.165) is 26.6 Å². The summed E-state index contributed by atoms with van der Waals surface area (Å²) >= 11 is 2.91. The number of nitrogens with zero attached hydrogens (tertiary/aromatic N) is 1. The molecular formula is C28H27N3O2S2. The Morgan fingerprint density at radius 2 is 1.69 bits per heavy atom. The predicted octanol–water partition coefficient (Wildman–Crippen LogP) is 6.73. The highest BCUT2D eigenvalue weighted by atomic mass is 32.2. The minimum Gasteiger partial charge on any atom is -0.326 e. The Morgan fingerprint density at radius 1 is 0.943 bits per heavy atom. The molecule has 1 aromatic heterocycles. The topological polar surface area (TPSA) is 71.1 Å². The zero-order chi connectivity index (χ0) is 24.8. The van der Waals surface area contributed by atoms with E-state index in [4.69, 9.17) is 0 Å². The van der Waals surface area contributed by atoms with E-state index >= 15 is 0 Å². The lowest BCUT2D eigenvalue weighted by molar-refractivity contribution is -0.116. The van der Waals surface area contributed by atoms with E-state index < -0.39 is 0 Å². The Hall–Kier alpha value is -3.42. The molecule has 1 unspecified atom stereocenters. The fourth-order valence-corrected chi connectivity index (χ4v) is 5.29. The van der Waals surface area contributed by atoms with Gasteiger partial charge >= 0.3 is 0 Å². The molecule has 7 heteroatoms. The van der Waals surface area contributed by atoms with Crippen LogP contribution >= 0.6 is 23.1 Å². The molecule has 0 saturated carbocycles. The number of aryl methyl sites for hydroxylation is 2. The van der Waals surface area contributed by atoms with Gasteiger partial charge in [0.05, 0.1) is 17.4 Å². The Kier molecular flexibility index (Phi) is 8.00. The molecule has 178 valence electrons. The van der Waals surface area contributed by atoms with Gasteiger partial charge in [0.15, 0.2) is 5.13 Å². The summed E-state index contributed by atoms with van der Waals surface area (Å²) in [6.07, 6.45) is 0.314. The van der Waals surface area contributed by atoms with Crippen LogP contribution in [0.1, 0.15) is 22.9 Å². The van der Waals surface area contributed by atoms with Gasteiger partial charge in [-0.25, -0.2) is 4.98 Å². The van der Waals surface area contributed by atoms with Gasteiger partial charge in [0, 0.05) is 21.0 Å². The summed E-state index contributed by atoms with van der Waals surface area (Å²) in [6, 6.07) is 25.4. The van der Waals surface area contributed by atoms with Crippen molar-refractivity contribution in [2.24, 2.45) is 0 Å². The predicted molar refractivity (Wildman–Crippen MR) is 146 cm³/mol. The van der Waals surface area contributed by atoms with Gasteiger partial charge in [-0.1, -0.05) is 66.2 Å². The molecule has 1 atom stereocenters. The number of carbonyl (C=O) groups excluding carboxylic acids is 2. The standard InChI is InChI=1S/C28H27N3O2S2/c1-18-12-14-22(15-13-18)26-19(2)35-28(30-26)31-27(33)20(3)34-24-11-7-10-23(17-24)29-25(32)16-21-8-5-4-6-9-21/h4-15,17,20H,16H2,1-3H3,(H,29,32)(H,30,31,33). The summed E-state index contributed by atoms with van der Waals surface area (Å²) in [5.74, 6) is -0.189. The molecule has 0 fully saturated rings. The molecule has 35 heavy (non-hydrogen) atoms. The minimum absolute atomic E-state index is 0.0762. The van der Waals surface area contributed by atoms with Crippen LogP contribution in [0.4, 0.5) is 10.8 Å². The summed E-state index contributed by atoms with van der Waals surface area (Å²) < 4.78 is 0. The number of amides is 2. The van der Waals surface area contributed by atoms with Crippen LogP contribution in [-0.4, -0.2) is 22.0 Å². The van der Waals surface area contributed by atoms with Crippen molar-refractivity contribution in [3.8, 4) is 11.3 Å². The van der Waals surface area contributed by atoms with Gasteiger partial charge in [-0.15, -0.1) is 23.1 Å². The van der Waals surface area contributed by atoms with Crippen LogP contribution in [0.5, 0.6) is 0 Å². The fourth-order valence-electron chi connectivity index (χ4n) is 3.53. The maximum Gasteiger partial charge on any atom is 0.239 e. The molecule has 5 nitrogen and oxygen atoms in total. The average Bonchev–Trinajstić information content (AvgIpc) is 3.20.